The number of nitrogens with two attached hydrogens (primary N) is 1. The molecule has 0 saturated heterocycles. The van der Waals surface area contributed by atoms with Crippen molar-refractivity contribution in [3.8, 4) is 0 Å². The fraction of sp³-hybridized carbons (Fsp3) is 0.733. The Morgan fingerprint density at radius 2 is 1.91 bits per heavy atom. The van der Waals surface area contributed by atoms with Crippen molar-refractivity contribution in [3.63, 3.8) is 0 Å². The van der Waals surface area contributed by atoms with Gasteiger partial charge in [0.15, 0.2) is 0 Å². The molecule has 5 nitrogen and oxygen atoms in total. The van der Waals surface area contributed by atoms with E-state index in [4.69, 9.17) is 5.73 Å². The molecule has 3 atom stereocenters. The summed E-state index contributed by atoms with van der Waals surface area (Å²) in [5.74, 6) is 0.509. The minimum absolute atomic E-state index is 0. The molecule has 128 valence electrons. The van der Waals surface area contributed by atoms with Gasteiger partial charge in [-0.15, -0.1) is 23.7 Å². The molecule has 0 aliphatic carbocycles. The first-order valence-electron chi connectivity index (χ1n) is 7.44. The average Bonchev–Trinajstić information content (AvgIpc) is 2.89. The highest BCUT2D eigenvalue weighted by Gasteiger charge is 2.27. The molecule has 1 aromatic rings. The highest BCUT2D eigenvalue weighted by atomic mass is 35.5. The zero-order valence-corrected chi connectivity index (χ0v) is 15.3. The van der Waals surface area contributed by atoms with Gasteiger partial charge in [0, 0.05) is 11.6 Å². The van der Waals surface area contributed by atoms with Gasteiger partial charge in [0.05, 0.1) is 12.1 Å². The minimum atomic E-state index is -0.789. The number of aliphatic hydroxyl groups is 1. The number of nitrogens with one attached hydrogen (secondary N) is 1. The topological polar surface area (TPSA) is 88.2 Å². The molecule has 0 bridgehead atoms. The summed E-state index contributed by atoms with van der Waals surface area (Å²) in [6, 6.07) is -0.898. The van der Waals surface area contributed by atoms with Gasteiger partial charge in [-0.05, 0) is 24.7 Å². The van der Waals surface area contributed by atoms with Gasteiger partial charge in [0.2, 0.25) is 5.91 Å². The minimum Gasteiger partial charge on any atom is -0.384 e. The Hall–Kier alpha value is -0.690. The summed E-state index contributed by atoms with van der Waals surface area (Å²) in [7, 11) is 0. The van der Waals surface area contributed by atoms with Crippen molar-refractivity contribution in [2.24, 2.45) is 17.6 Å². The molecular weight excluding hydrogens is 322 g/mol. The lowest BCUT2D eigenvalue weighted by Crippen LogP contribution is -2.48. The van der Waals surface area contributed by atoms with Crippen molar-refractivity contribution in [2.75, 3.05) is 0 Å². The Morgan fingerprint density at radius 3 is 2.36 bits per heavy atom. The van der Waals surface area contributed by atoms with Crippen molar-refractivity contribution in [3.05, 3.63) is 16.6 Å². The van der Waals surface area contributed by atoms with E-state index in [9.17, 15) is 9.90 Å². The third-order valence-electron chi connectivity index (χ3n) is 3.20. The standard InChI is InChI=1S/C15H27N3O2S.ClH/c1-9(2)7-11(16)14(20)18-12(8-10(3)4)13(19)15-17-5-6-21-15;/h5-6,9-13,19H,7-8,16H2,1-4H3,(H,18,20);1H/t11-,12+,13-;/m0./s1. The van der Waals surface area contributed by atoms with Crippen molar-refractivity contribution in [1.29, 1.82) is 0 Å². The van der Waals surface area contributed by atoms with Crippen LogP contribution in [0.25, 0.3) is 0 Å². The number of thiazole rings is 1. The molecule has 0 unspecified atom stereocenters. The summed E-state index contributed by atoms with van der Waals surface area (Å²) in [6.45, 7) is 8.18. The van der Waals surface area contributed by atoms with Gasteiger partial charge in [0.1, 0.15) is 11.1 Å². The Balaban J connectivity index is 0.00000441. The fourth-order valence-electron chi connectivity index (χ4n) is 2.23. The SMILES string of the molecule is CC(C)C[C@H](N)C(=O)N[C@H](CC(C)C)[C@H](O)c1nccs1.Cl. The van der Waals surface area contributed by atoms with E-state index >= 15 is 0 Å². The highest BCUT2D eigenvalue weighted by molar-refractivity contribution is 7.09. The number of amides is 1. The van der Waals surface area contributed by atoms with Gasteiger partial charge in [0.25, 0.3) is 0 Å². The Morgan fingerprint density at radius 1 is 1.32 bits per heavy atom. The molecular formula is C15H28ClN3O2S. The van der Waals surface area contributed by atoms with E-state index in [2.05, 4.69) is 24.1 Å². The van der Waals surface area contributed by atoms with Crippen molar-refractivity contribution >= 4 is 29.7 Å². The molecule has 0 saturated carbocycles. The third kappa shape index (κ3) is 7.05. The van der Waals surface area contributed by atoms with Crippen LogP contribution in [-0.2, 0) is 4.79 Å². The van der Waals surface area contributed by atoms with E-state index in [-0.39, 0.29) is 24.4 Å². The predicted octanol–water partition coefficient (Wildman–Crippen LogP) is 2.50. The lowest BCUT2D eigenvalue weighted by atomic mass is 9.98. The summed E-state index contributed by atoms with van der Waals surface area (Å²) >= 11 is 1.39. The van der Waals surface area contributed by atoms with Gasteiger partial charge in [-0.1, -0.05) is 27.7 Å². The first kappa shape index (κ1) is 21.3. The molecule has 0 aromatic carbocycles. The summed E-state index contributed by atoms with van der Waals surface area (Å²) in [6.07, 6.45) is 2.18. The highest BCUT2D eigenvalue weighted by Crippen LogP contribution is 2.23. The zero-order chi connectivity index (χ0) is 16.0. The molecule has 0 spiro atoms. The van der Waals surface area contributed by atoms with Gasteiger partial charge in [-0.3, -0.25) is 4.79 Å². The van der Waals surface area contributed by atoms with E-state index in [0.717, 1.165) is 0 Å². The summed E-state index contributed by atoms with van der Waals surface area (Å²) in [5.41, 5.74) is 5.91. The summed E-state index contributed by atoms with van der Waals surface area (Å²) < 4.78 is 0. The second-order valence-corrected chi connectivity index (χ2v) is 7.22. The lowest BCUT2D eigenvalue weighted by Gasteiger charge is -2.26. The van der Waals surface area contributed by atoms with Crippen LogP contribution in [0, 0.1) is 11.8 Å². The third-order valence-corrected chi connectivity index (χ3v) is 4.05. The van der Waals surface area contributed by atoms with Crippen LogP contribution in [0.15, 0.2) is 11.6 Å². The Labute approximate surface area is 143 Å². The van der Waals surface area contributed by atoms with Crippen molar-refractivity contribution in [1.82, 2.24) is 10.3 Å². The number of carbonyl (C=O) groups is 1. The fourth-order valence-corrected chi connectivity index (χ4v) is 2.92. The molecule has 0 radical (unpaired) electrons. The Bertz CT molecular complexity index is 426. The number of aliphatic hydroxyl groups excluding tert-OH is 1. The van der Waals surface area contributed by atoms with Crippen LogP contribution in [-0.4, -0.2) is 28.1 Å². The van der Waals surface area contributed by atoms with Gasteiger partial charge < -0.3 is 16.2 Å². The summed E-state index contributed by atoms with van der Waals surface area (Å²) in [4.78, 5) is 16.3. The molecule has 22 heavy (non-hydrogen) atoms. The predicted molar refractivity (Wildman–Crippen MR) is 93.1 cm³/mol. The number of nitrogens with zero attached hydrogens (tertiary/aromatic N) is 1. The maximum Gasteiger partial charge on any atom is 0.237 e. The maximum absolute atomic E-state index is 12.2. The van der Waals surface area contributed by atoms with E-state index < -0.39 is 12.1 Å². The number of hydrogen-bond acceptors (Lipinski definition) is 5. The lowest BCUT2D eigenvalue weighted by molar-refractivity contribution is -0.124. The molecule has 1 rings (SSSR count). The number of carbonyl (C=O) groups excluding carboxylic acids is 1. The molecule has 1 amide bonds. The van der Waals surface area contributed by atoms with Gasteiger partial charge in [-0.25, -0.2) is 4.98 Å². The average molecular weight is 350 g/mol. The Kier molecular flexibility index (Phi) is 9.84. The van der Waals surface area contributed by atoms with E-state index in [1.165, 1.54) is 11.3 Å². The number of hydrogen-bond donors (Lipinski definition) is 3. The number of halogens is 1. The largest absolute Gasteiger partial charge is 0.384 e. The van der Waals surface area contributed by atoms with Gasteiger partial charge in [-0.2, -0.15) is 0 Å². The maximum atomic E-state index is 12.2. The first-order chi connectivity index (χ1) is 9.81. The van der Waals surface area contributed by atoms with Crippen LogP contribution in [0.5, 0.6) is 0 Å². The van der Waals surface area contributed by atoms with E-state index in [0.29, 0.717) is 29.7 Å². The van der Waals surface area contributed by atoms with Crippen LogP contribution >= 0.6 is 23.7 Å². The molecule has 7 heteroatoms. The molecule has 0 aliphatic rings. The summed E-state index contributed by atoms with van der Waals surface area (Å²) in [5, 5.41) is 15.8. The molecule has 0 fully saturated rings. The van der Waals surface area contributed by atoms with Crippen LogP contribution in [0.3, 0.4) is 0 Å². The van der Waals surface area contributed by atoms with Crippen LogP contribution < -0.4 is 11.1 Å². The number of rotatable bonds is 8. The van der Waals surface area contributed by atoms with Crippen LogP contribution in [0.1, 0.15) is 51.6 Å². The van der Waals surface area contributed by atoms with E-state index in [1.54, 1.807) is 6.20 Å². The second kappa shape index (κ2) is 10.2. The molecule has 4 N–H and O–H groups in total. The smallest absolute Gasteiger partial charge is 0.237 e. The molecule has 1 heterocycles. The first-order valence-corrected chi connectivity index (χ1v) is 8.32. The number of aromatic nitrogens is 1. The van der Waals surface area contributed by atoms with Crippen LogP contribution in [0.2, 0.25) is 0 Å². The second-order valence-electron chi connectivity index (χ2n) is 6.30. The van der Waals surface area contributed by atoms with Gasteiger partial charge >= 0.3 is 0 Å². The molecule has 1 aromatic heterocycles. The van der Waals surface area contributed by atoms with Crippen molar-refractivity contribution < 1.29 is 9.90 Å². The monoisotopic (exact) mass is 349 g/mol. The van der Waals surface area contributed by atoms with Crippen LogP contribution in [0.4, 0.5) is 0 Å². The zero-order valence-electron chi connectivity index (χ0n) is 13.7. The normalized spacial score (nSPS) is 15.3. The van der Waals surface area contributed by atoms with E-state index in [1.807, 2.05) is 19.2 Å². The quantitative estimate of drug-likeness (QED) is 0.672. The van der Waals surface area contributed by atoms with Crippen molar-refractivity contribution in [2.45, 2.75) is 58.7 Å². The molecule has 0 aliphatic heterocycles.